The highest BCUT2D eigenvalue weighted by Gasteiger charge is 2.16. The lowest BCUT2D eigenvalue weighted by molar-refractivity contribution is 0.0956. The van der Waals surface area contributed by atoms with Crippen LogP contribution in [0.5, 0.6) is 0 Å². The van der Waals surface area contributed by atoms with Gasteiger partial charge in [-0.3, -0.25) is 9.59 Å². The van der Waals surface area contributed by atoms with Crippen LogP contribution in [0.1, 0.15) is 32.8 Å². The molecule has 1 aromatic carbocycles. The van der Waals surface area contributed by atoms with Crippen molar-refractivity contribution in [2.75, 3.05) is 18.4 Å². The van der Waals surface area contributed by atoms with Crippen molar-refractivity contribution in [3.05, 3.63) is 44.9 Å². The fraction of sp³-hybridized carbons (Fsp3) is 0.267. The molecule has 24 heavy (non-hydrogen) atoms. The molecule has 0 bridgehead atoms. The SMILES string of the molecule is CCNC(=O)c1cc(Cl)ccc1NC(=O)c1csc(CCN)n1.Cl. The minimum Gasteiger partial charge on any atom is -0.352 e. The topological polar surface area (TPSA) is 97.1 Å². The molecule has 0 aliphatic rings. The van der Waals surface area contributed by atoms with Crippen molar-refractivity contribution < 1.29 is 9.59 Å². The Morgan fingerprint density at radius 1 is 1.33 bits per heavy atom. The van der Waals surface area contributed by atoms with Crippen molar-refractivity contribution in [2.24, 2.45) is 5.73 Å². The highest BCUT2D eigenvalue weighted by molar-refractivity contribution is 7.09. The van der Waals surface area contributed by atoms with Crippen molar-refractivity contribution in [1.29, 1.82) is 0 Å². The van der Waals surface area contributed by atoms with Crippen LogP contribution in [-0.4, -0.2) is 29.9 Å². The maximum atomic E-state index is 12.3. The van der Waals surface area contributed by atoms with Crippen LogP contribution in [0.2, 0.25) is 5.02 Å². The van der Waals surface area contributed by atoms with Crippen LogP contribution >= 0.6 is 35.3 Å². The molecule has 0 aliphatic carbocycles. The first kappa shape index (κ1) is 20.4. The van der Waals surface area contributed by atoms with Gasteiger partial charge in [0, 0.05) is 23.4 Å². The number of anilines is 1. The molecule has 1 aromatic heterocycles. The summed E-state index contributed by atoms with van der Waals surface area (Å²) in [6.45, 7) is 2.77. The van der Waals surface area contributed by atoms with Gasteiger partial charge in [-0.2, -0.15) is 0 Å². The molecule has 6 nitrogen and oxygen atoms in total. The molecule has 0 unspecified atom stereocenters. The van der Waals surface area contributed by atoms with Gasteiger partial charge in [0.05, 0.1) is 16.3 Å². The molecule has 130 valence electrons. The summed E-state index contributed by atoms with van der Waals surface area (Å²) >= 11 is 7.32. The average Bonchev–Trinajstić information content (AvgIpc) is 2.98. The monoisotopic (exact) mass is 388 g/mol. The van der Waals surface area contributed by atoms with Crippen LogP contribution in [0.4, 0.5) is 5.69 Å². The van der Waals surface area contributed by atoms with Gasteiger partial charge in [0.1, 0.15) is 5.69 Å². The van der Waals surface area contributed by atoms with Crippen molar-refractivity contribution >= 4 is 52.8 Å². The number of hydrogen-bond acceptors (Lipinski definition) is 5. The van der Waals surface area contributed by atoms with Crippen molar-refractivity contribution in [1.82, 2.24) is 10.3 Å². The fourth-order valence-electron chi connectivity index (χ4n) is 1.91. The Balaban J connectivity index is 0.00000288. The largest absolute Gasteiger partial charge is 0.352 e. The van der Waals surface area contributed by atoms with Gasteiger partial charge < -0.3 is 16.4 Å². The van der Waals surface area contributed by atoms with Gasteiger partial charge in [-0.25, -0.2) is 4.98 Å². The molecule has 2 aromatic rings. The van der Waals surface area contributed by atoms with Gasteiger partial charge >= 0.3 is 0 Å². The molecule has 0 radical (unpaired) electrons. The van der Waals surface area contributed by atoms with Crippen molar-refractivity contribution in [3.63, 3.8) is 0 Å². The van der Waals surface area contributed by atoms with Gasteiger partial charge in [0.2, 0.25) is 0 Å². The van der Waals surface area contributed by atoms with Crippen LogP contribution in [0.15, 0.2) is 23.6 Å². The zero-order chi connectivity index (χ0) is 16.8. The summed E-state index contributed by atoms with van der Waals surface area (Å²) in [4.78, 5) is 28.6. The lowest BCUT2D eigenvalue weighted by Crippen LogP contribution is -2.25. The van der Waals surface area contributed by atoms with E-state index in [4.69, 9.17) is 17.3 Å². The van der Waals surface area contributed by atoms with E-state index in [0.29, 0.717) is 41.5 Å². The Hall–Kier alpha value is -1.67. The Labute approximate surface area is 155 Å². The van der Waals surface area contributed by atoms with E-state index in [9.17, 15) is 9.59 Å². The quantitative estimate of drug-likeness (QED) is 0.708. The molecule has 2 rings (SSSR count). The maximum absolute atomic E-state index is 12.3. The summed E-state index contributed by atoms with van der Waals surface area (Å²) in [5, 5.41) is 8.28. The van der Waals surface area contributed by atoms with E-state index in [-0.39, 0.29) is 24.2 Å². The van der Waals surface area contributed by atoms with E-state index in [2.05, 4.69) is 15.6 Å². The van der Waals surface area contributed by atoms with Crippen LogP contribution in [0, 0.1) is 0 Å². The van der Waals surface area contributed by atoms with E-state index in [1.165, 1.54) is 17.4 Å². The molecule has 9 heteroatoms. The average molecular weight is 389 g/mol. The number of aromatic nitrogens is 1. The zero-order valence-corrected chi connectivity index (χ0v) is 15.4. The standard InChI is InChI=1S/C15H17ClN4O2S.ClH/c1-2-18-14(21)10-7-9(16)3-4-11(10)20-15(22)12-8-23-13(19-12)5-6-17;/h3-4,7-8H,2,5-6,17H2,1H3,(H,18,21)(H,20,22);1H. The molecular formula is C15H18Cl2N4O2S. The van der Waals surface area contributed by atoms with E-state index in [1.54, 1.807) is 17.5 Å². The number of thiazole rings is 1. The second kappa shape index (κ2) is 9.58. The molecule has 2 amide bonds. The number of nitrogens with two attached hydrogens (primary N) is 1. The number of benzene rings is 1. The van der Waals surface area contributed by atoms with E-state index >= 15 is 0 Å². The number of rotatable bonds is 6. The van der Waals surface area contributed by atoms with Crippen LogP contribution in [-0.2, 0) is 6.42 Å². The molecule has 0 aliphatic heterocycles. The molecule has 0 saturated heterocycles. The molecule has 1 heterocycles. The lowest BCUT2D eigenvalue weighted by atomic mass is 10.1. The van der Waals surface area contributed by atoms with Crippen molar-refractivity contribution in [3.8, 4) is 0 Å². The summed E-state index contributed by atoms with van der Waals surface area (Å²) < 4.78 is 0. The van der Waals surface area contributed by atoms with Crippen LogP contribution < -0.4 is 16.4 Å². The predicted octanol–water partition coefficient (Wildman–Crippen LogP) is 2.72. The van der Waals surface area contributed by atoms with Gasteiger partial charge in [-0.05, 0) is 31.7 Å². The van der Waals surface area contributed by atoms with Crippen LogP contribution in [0.25, 0.3) is 0 Å². The maximum Gasteiger partial charge on any atom is 0.275 e. The molecule has 0 saturated carbocycles. The Kier molecular flexibility index (Phi) is 8.14. The number of nitrogens with one attached hydrogen (secondary N) is 2. The highest BCUT2D eigenvalue weighted by Crippen LogP contribution is 2.22. The Morgan fingerprint density at radius 3 is 2.75 bits per heavy atom. The first-order chi connectivity index (χ1) is 11.0. The van der Waals surface area contributed by atoms with Crippen LogP contribution in [0.3, 0.4) is 0 Å². The van der Waals surface area contributed by atoms with E-state index in [0.717, 1.165) is 5.01 Å². The molecule has 0 fully saturated rings. The lowest BCUT2D eigenvalue weighted by Gasteiger charge is -2.10. The van der Waals surface area contributed by atoms with E-state index < -0.39 is 0 Å². The first-order valence-electron chi connectivity index (χ1n) is 7.08. The normalized spacial score (nSPS) is 9.96. The van der Waals surface area contributed by atoms with Gasteiger partial charge in [-0.15, -0.1) is 23.7 Å². The number of hydrogen-bond donors (Lipinski definition) is 3. The minimum absolute atomic E-state index is 0. The summed E-state index contributed by atoms with van der Waals surface area (Å²) in [7, 11) is 0. The van der Waals surface area contributed by atoms with E-state index in [1.807, 2.05) is 6.92 Å². The van der Waals surface area contributed by atoms with Gasteiger partial charge in [0.15, 0.2) is 0 Å². The molecule has 4 N–H and O–H groups in total. The third-order valence-electron chi connectivity index (χ3n) is 2.95. The Morgan fingerprint density at radius 2 is 2.08 bits per heavy atom. The number of carbonyl (C=O) groups excluding carboxylic acids is 2. The van der Waals surface area contributed by atoms with Gasteiger partial charge in [0.25, 0.3) is 11.8 Å². The summed E-state index contributed by atoms with van der Waals surface area (Å²) in [5.41, 5.74) is 6.47. The summed E-state index contributed by atoms with van der Waals surface area (Å²) in [6, 6.07) is 4.72. The number of amides is 2. The van der Waals surface area contributed by atoms with Crippen molar-refractivity contribution in [2.45, 2.75) is 13.3 Å². The van der Waals surface area contributed by atoms with Gasteiger partial charge in [-0.1, -0.05) is 11.6 Å². The third-order valence-corrected chi connectivity index (χ3v) is 4.10. The summed E-state index contributed by atoms with van der Waals surface area (Å²) in [5.74, 6) is -0.676. The molecular weight excluding hydrogens is 371 g/mol. The first-order valence-corrected chi connectivity index (χ1v) is 8.34. The zero-order valence-electron chi connectivity index (χ0n) is 13.0. The second-order valence-corrected chi connectivity index (χ2v) is 6.05. The smallest absolute Gasteiger partial charge is 0.275 e. The fourth-order valence-corrected chi connectivity index (χ4v) is 2.88. The second-order valence-electron chi connectivity index (χ2n) is 4.67. The summed E-state index contributed by atoms with van der Waals surface area (Å²) in [6.07, 6.45) is 0.628. The Bertz CT molecular complexity index is 721. The number of carbonyl (C=O) groups is 2. The molecule has 0 spiro atoms. The minimum atomic E-state index is -0.377. The third kappa shape index (κ3) is 5.17. The highest BCUT2D eigenvalue weighted by atomic mass is 35.5. The number of halogens is 2. The number of nitrogens with zero attached hydrogens (tertiary/aromatic N) is 1. The molecule has 0 atom stereocenters. The predicted molar refractivity (Wildman–Crippen MR) is 99.5 cm³/mol.